The van der Waals surface area contributed by atoms with E-state index in [9.17, 15) is 4.79 Å². The molecule has 1 aromatic heterocycles. The lowest BCUT2D eigenvalue weighted by atomic mass is 9.97. The molecule has 2 aromatic rings. The van der Waals surface area contributed by atoms with Crippen molar-refractivity contribution < 1.29 is 9.53 Å². The lowest BCUT2D eigenvalue weighted by Crippen LogP contribution is -2.46. The van der Waals surface area contributed by atoms with E-state index in [2.05, 4.69) is 32.7 Å². The lowest BCUT2D eigenvalue weighted by molar-refractivity contribution is 0.0971. The Morgan fingerprint density at radius 1 is 1.00 bits per heavy atom. The summed E-state index contributed by atoms with van der Waals surface area (Å²) in [5.41, 5.74) is 3.42. The van der Waals surface area contributed by atoms with Gasteiger partial charge in [-0.15, -0.1) is 0 Å². The van der Waals surface area contributed by atoms with Gasteiger partial charge in [-0.3, -0.25) is 9.69 Å². The molecule has 0 N–H and O–H groups in total. The zero-order valence-electron chi connectivity index (χ0n) is 16.2. The molecule has 1 fully saturated rings. The molecule has 0 atom stereocenters. The number of carbonyl (C=O) groups is 1. The molecule has 4 rings (SSSR count). The predicted molar refractivity (Wildman–Crippen MR) is 108 cm³/mol. The first-order chi connectivity index (χ1) is 13.3. The van der Waals surface area contributed by atoms with Crippen molar-refractivity contribution in [1.29, 1.82) is 0 Å². The standard InChI is InChI=1S/C22H29N3O2/c1-27-22-9-3-2-6-20(22)25-16-14-23(15-17-25)11-5-12-24-13-10-18-19(24)7-4-8-21(18)26/h2-3,6,9-10,13H,4-5,7-8,11-12,14-17H2,1H3. The number of aromatic nitrogens is 1. The third kappa shape index (κ3) is 3.88. The highest BCUT2D eigenvalue weighted by molar-refractivity contribution is 5.98. The second-order valence-electron chi connectivity index (χ2n) is 7.50. The second-order valence-corrected chi connectivity index (χ2v) is 7.50. The van der Waals surface area contributed by atoms with Gasteiger partial charge in [0.05, 0.1) is 12.8 Å². The molecule has 0 saturated carbocycles. The molecule has 1 aliphatic heterocycles. The highest BCUT2D eigenvalue weighted by Crippen LogP contribution is 2.28. The Kier molecular flexibility index (Phi) is 5.48. The average molecular weight is 367 g/mol. The van der Waals surface area contributed by atoms with Gasteiger partial charge in [-0.2, -0.15) is 0 Å². The summed E-state index contributed by atoms with van der Waals surface area (Å²) in [7, 11) is 1.74. The largest absolute Gasteiger partial charge is 0.495 e. The fourth-order valence-electron chi connectivity index (χ4n) is 4.37. The number of piperazine rings is 1. The first kappa shape index (κ1) is 18.1. The van der Waals surface area contributed by atoms with Crippen molar-refractivity contribution in [2.24, 2.45) is 0 Å². The Morgan fingerprint density at radius 2 is 1.81 bits per heavy atom. The van der Waals surface area contributed by atoms with Crippen molar-refractivity contribution >= 4 is 11.5 Å². The number of Topliss-reactive ketones (excluding diaryl/α,β-unsaturated/α-hetero) is 1. The number of para-hydroxylation sites is 2. The minimum Gasteiger partial charge on any atom is -0.495 e. The summed E-state index contributed by atoms with van der Waals surface area (Å²) in [6, 6.07) is 10.3. The second kappa shape index (κ2) is 8.17. The summed E-state index contributed by atoms with van der Waals surface area (Å²) in [5, 5.41) is 0. The zero-order valence-corrected chi connectivity index (χ0v) is 16.2. The van der Waals surface area contributed by atoms with Crippen LogP contribution in [0.2, 0.25) is 0 Å². The van der Waals surface area contributed by atoms with Crippen molar-refractivity contribution in [2.75, 3.05) is 44.7 Å². The van der Waals surface area contributed by atoms with E-state index < -0.39 is 0 Å². The van der Waals surface area contributed by atoms with E-state index in [-0.39, 0.29) is 0 Å². The fraction of sp³-hybridized carbons (Fsp3) is 0.500. The van der Waals surface area contributed by atoms with Crippen molar-refractivity contribution in [3.8, 4) is 5.75 Å². The van der Waals surface area contributed by atoms with Gasteiger partial charge in [-0.05, 0) is 44.0 Å². The molecule has 0 bridgehead atoms. The van der Waals surface area contributed by atoms with Crippen molar-refractivity contribution in [1.82, 2.24) is 9.47 Å². The number of anilines is 1. The van der Waals surface area contributed by atoms with Crippen molar-refractivity contribution in [3.05, 3.63) is 47.8 Å². The van der Waals surface area contributed by atoms with Crippen LogP contribution < -0.4 is 9.64 Å². The summed E-state index contributed by atoms with van der Waals surface area (Å²) in [6.07, 6.45) is 6.00. The SMILES string of the molecule is COc1ccccc1N1CCN(CCCn2ccc3c2CCCC3=O)CC1. The molecule has 5 heteroatoms. The number of ketones is 1. The molecule has 0 radical (unpaired) electrons. The van der Waals surface area contributed by atoms with Gasteiger partial charge in [0.25, 0.3) is 0 Å². The number of hydrogen-bond acceptors (Lipinski definition) is 4. The van der Waals surface area contributed by atoms with Crippen LogP contribution in [0.3, 0.4) is 0 Å². The van der Waals surface area contributed by atoms with Crippen LogP contribution in [0.1, 0.15) is 35.3 Å². The highest BCUT2D eigenvalue weighted by Gasteiger charge is 2.21. The van der Waals surface area contributed by atoms with Crippen LogP contribution in [-0.2, 0) is 13.0 Å². The van der Waals surface area contributed by atoms with Gasteiger partial charge in [0.15, 0.2) is 5.78 Å². The van der Waals surface area contributed by atoms with Gasteiger partial charge in [-0.25, -0.2) is 0 Å². The number of benzene rings is 1. The topological polar surface area (TPSA) is 37.7 Å². The molecule has 144 valence electrons. The number of carbonyl (C=O) groups excluding carboxylic acids is 1. The van der Waals surface area contributed by atoms with Crippen molar-refractivity contribution in [3.63, 3.8) is 0 Å². The normalized spacial score (nSPS) is 17.8. The van der Waals surface area contributed by atoms with Gasteiger partial charge in [0.2, 0.25) is 0 Å². The van der Waals surface area contributed by atoms with Crippen LogP contribution in [-0.4, -0.2) is 55.1 Å². The number of hydrogen-bond donors (Lipinski definition) is 0. The Balaban J connectivity index is 1.26. The highest BCUT2D eigenvalue weighted by atomic mass is 16.5. The first-order valence-corrected chi connectivity index (χ1v) is 10.1. The van der Waals surface area contributed by atoms with Crippen LogP contribution in [0.5, 0.6) is 5.75 Å². The molecule has 1 aliphatic carbocycles. The van der Waals surface area contributed by atoms with Crippen LogP contribution >= 0.6 is 0 Å². The summed E-state index contributed by atoms with van der Waals surface area (Å²) in [4.78, 5) is 16.9. The van der Waals surface area contributed by atoms with E-state index in [1.807, 2.05) is 18.2 Å². The Hall–Kier alpha value is -2.27. The summed E-state index contributed by atoms with van der Waals surface area (Å²) in [5.74, 6) is 1.28. The molecule has 1 aromatic carbocycles. The summed E-state index contributed by atoms with van der Waals surface area (Å²) < 4.78 is 7.81. The number of nitrogens with zero attached hydrogens (tertiary/aromatic N) is 3. The van der Waals surface area contributed by atoms with Crippen LogP contribution in [0.4, 0.5) is 5.69 Å². The number of aryl methyl sites for hydroxylation is 1. The van der Waals surface area contributed by atoms with E-state index in [4.69, 9.17) is 4.74 Å². The van der Waals surface area contributed by atoms with Gasteiger partial charge in [-0.1, -0.05) is 12.1 Å². The minimum absolute atomic E-state index is 0.322. The third-order valence-corrected chi connectivity index (χ3v) is 5.87. The quantitative estimate of drug-likeness (QED) is 0.786. The maximum absolute atomic E-state index is 12.0. The Bertz CT molecular complexity index is 791. The molecule has 0 spiro atoms. The van der Waals surface area contributed by atoms with E-state index in [0.29, 0.717) is 12.2 Å². The maximum atomic E-state index is 12.0. The monoisotopic (exact) mass is 367 g/mol. The van der Waals surface area contributed by atoms with Gasteiger partial charge >= 0.3 is 0 Å². The maximum Gasteiger partial charge on any atom is 0.164 e. The van der Waals surface area contributed by atoms with Crippen molar-refractivity contribution in [2.45, 2.75) is 32.2 Å². The van der Waals surface area contributed by atoms with Gasteiger partial charge in [0.1, 0.15) is 5.75 Å². The van der Waals surface area contributed by atoms with Crippen LogP contribution in [0.15, 0.2) is 36.5 Å². The number of rotatable bonds is 6. The molecule has 5 nitrogen and oxygen atoms in total. The number of methoxy groups -OCH3 is 1. The average Bonchev–Trinajstić information content (AvgIpc) is 3.13. The zero-order chi connectivity index (χ0) is 18.6. The molecular formula is C22H29N3O2. The van der Waals surface area contributed by atoms with E-state index in [1.165, 1.54) is 11.4 Å². The fourth-order valence-corrected chi connectivity index (χ4v) is 4.37. The van der Waals surface area contributed by atoms with Gasteiger partial charge < -0.3 is 14.2 Å². The molecule has 2 heterocycles. The lowest BCUT2D eigenvalue weighted by Gasteiger charge is -2.36. The summed E-state index contributed by atoms with van der Waals surface area (Å²) in [6.45, 7) is 6.36. The van der Waals surface area contributed by atoms with E-state index in [0.717, 1.165) is 69.8 Å². The predicted octanol–water partition coefficient (Wildman–Crippen LogP) is 3.23. The molecule has 2 aliphatic rings. The molecule has 0 amide bonds. The molecular weight excluding hydrogens is 338 g/mol. The number of ether oxygens (including phenoxy) is 1. The minimum atomic E-state index is 0.322. The first-order valence-electron chi connectivity index (χ1n) is 10.1. The summed E-state index contributed by atoms with van der Waals surface area (Å²) >= 11 is 0. The van der Waals surface area contributed by atoms with Crippen LogP contribution in [0, 0.1) is 0 Å². The van der Waals surface area contributed by atoms with E-state index in [1.54, 1.807) is 7.11 Å². The molecule has 1 saturated heterocycles. The molecule has 0 unspecified atom stereocenters. The Labute approximate surface area is 161 Å². The van der Waals surface area contributed by atoms with Crippen LogP contribution in [0.25, 0.3) is 0 Å². The Morgan fingerprint density at radius 3 is 2.63 bits per heavy atom. The molecule has 27 heavy (non-hydrogen) atoms. The smallest absolute Gasteiger partial charge is 0.164 e. The number of fused-ring (bicyclic) bond motifs is 1. The van der Waals surface area contributed by atoms with Gasteiger partial charge in [0, 0.05) is 56.6 Å². The third-order valence-electron chi connectivity index (χ3n) is 5.87. The van der Waals surface area contributed by atoms with E-state index >= 15 is 0 Å².